The van der Waals surface area contributed by atoms with Gasteiger partial charge in [0.15, 0.2) is 0 Å². The summed E-state index contributed by atoms with van der Waals surface area (Å²) in [5.74, 6) is -0.137. The van der Waals surface area contributed by atoms with Crippen molar-refractivity contribution in [2.45, 2.75) is 6.54 Å². The van der Waals surface area contributed by atoms with E-state index in [1.54, 1.807) is 9.47 Å². The second-order valence-corrected chi connectivity index (χ2v) is 7.50. The summed E-state index contributed by atoms with van der Waals surface area (Å²) in [6.07, 6.45) is 0. The van der Waals surface area contributed by atoms with Crippen molar-refractivity contribution in [2.24, 2.45) is 0 Å². The largest absolute Gasteiger partial charge is 0.366 e. The number of nitrogens with zero attached hydrogens (tertiary/aromatic N) is 4. The Bertz CT molecular complexity index is 1180. The van der Waals surface area contributed by atoms with Crippen LogP contribution in [-0.2, 0) is 11.3 Å². The number of pyridine rings is 1. The highest BCUT2D eigenvalue weighted by atomic mass is 35.5. The normalized spacial score (nSPS) is 14.0. The molecule has 2 heterocycles. The zero-order valence-electron chi connectivity index (χ0n) is 16.4. The maximum atomic E-state index is 13.3. The van der Waals surface area contributed by atoms with Crippen LogP contribution in [0.5, 0.6) is 0 Å². The summed E-state index contributed by atoms with van der Waals surface area (Å²) in [6, 6.07) is 19.6. The van der Waals surface area contributed by atoms with E-state index >= 15 is 0 Å². The molecule has 1 fully saturated rings. The van der Waals surface area contributed by atoms with Gasteiger partial charge in [0, 0.05) is 31.6 Å². The van der Waals surface area contributed by atoms with Gasteiger partial charge < -0.3 is 14.4 Å². The first kappa shape index (κ1) is 20.0. The SMILES string of the molecule is N#Cc1c(N2CCN(C(=O)CCl)CC2)c2ccccc2n(Cc2ccccc2)c1=O. The molecule has 0 atom stereocenters. The van der Waals surface area contributed by atoms with Crippen molar-refractivity contribution in [2.75, 3.05) is 37.0 Å². The summed E-state index contributed by atoms with van der Waals surface area (Å²) >= 11 is 5.68. The smallest absolute Gasteiger partial charge is 0.271 e. The van der Waals surface area contributed by atoms with Gasteiger partial charge in [0.25, 0.3) is 5.56 Å². The monoisotopic (exact) mass is 420 g/mol. The number of hydrogen-bond acceptors (Lipinski definition) is 4. The number of fused-ring (bicyclic) bond motifs is 1. The number of aromatic nitrogens is 1. The van der Waals surface area contributed by atoms with Gasteiger partial charge in [0.2, 0.25) is 5.91 Å². The molecule has 0 bridgehead atoms. The van der Waals surface area contributed by atoms with Crippen molar-refractivity contribution in [3.8, 4) is 6.07 Å². The van der Waals surface area contributed by atoms with Crippen LogP contribution in [0.25, 0.3) is 10.9 Å². The average molecular weight is 421 g/mol. The fraction of sp³-hybridized carbons (Fsp3) is 0.261. The topological polar surface area (TPSA) is 69.3 Å². The van der Waals surface area contributed by atoms with Crippen molar-refractivity contribution < 1.29 is 4.79 Å². The third-order valence-corrected chi connectivity index (χ3v) is 5.73. The van der Waals surface area contributed by atoms with Gasteiger partial charge in [-0.1, -0.05) is 48.5 Å². The average Bonchev–Trinajstić information content (AvgIpc) is 2.80. The van der Waals surface area contributed by atoms with Gasteiger partial charge in [-0.05, 0) is 11.6 Å². The van der Waals surface area contributed by atoms with E-state index in [4.69, 9.17) is 11.6 Å². The number of carbonyl (C=O) groups is 1. The molecule has 0 spiro atoms. The van der Waals surface area contributed by atoms with Gasteiger partial charge in [0.1, 0.15) is 17.5 Å². The van der Waals surface area contributed by atoms with Crippen molar-refractivity contribution in [1.82, 2.24) is 9.47 Å². The van der Waals surface area contributed by atoms with Crippen molar-refractivity contribution >= 4 is 34.1 Å². The second kappa shape index (κ2) is 8.60. The first-order valence-corrected chi connectivity index (χ1v) is 10.4. The van der Waals surface area contributed by atoms with Crippen LogP contribution in [-0.4, -0.2) is 47.4 Å². The Morgan fingerprint density at radius 2 is 1.67 bits per heavy atom. The van der Waals surface area contributed by atoms with E-state index in [1.807, 2.05) is 59.5 Å². The Balaban J connectivity index is 1.80. The van der Waals surface area contributed by atoms with E-state index in [1.165, 1.54) is 0 Å². The highest BCUT2D eigenvalue weighted by molar-refractivity contribution is 6.27. The molecule has 0 aliphatic carbocycles. The molecule has 1 amide bonds. The van der Waals surface area contributed by atoms with Crippen LogP contribution >= 0.6 is 11.6 Å². The van der Waals surface area contributed by atoms with E-state index in [9.17, 15) is 14.9 Å². The van der Waals surface area contributed by atoms with E-state index in [2.05, 4.69) is 6.07 Å². The molecule has 6 nitrogen and oxygen atoms in total. The zero-order chi connectivity index (χ0) is 21.1. The number of para-hydroxylation sites is 1. The number of halogens is 1. The summed E-state index contributed by atoms with van der Waals surface area (Å²) in [5, 5.41) is 10.7. The molecule has 7 heteroatoms. The number of alkyl halides is 1. The maximum absolute atomic E-state index is 13.3. The molecular weight excluding hydrogens is 400 g/mol. The lowest BCUT2D eigenvalue weighted by molar-refractivity contribution is -0.128. The minimum atomic E-state index is -0.297. The van der Waals surface area contributed by atoms with E-state index in [0.717, 1.165) is 16.5 Å². The second-order valence-electron chi connectivity index (χ2n) is 7.23. The highest BCUT2D eigenvalue weighted by Gasteiger charge is 2.26. The van der Waals surface area contributed by atoms with Gasteiger partial charge in [-0.25, -0.2) is 0 Å². The molecule has 4 rings (SSSR count). The Hall–Kier alpha value is -3.30. The highest BCUT2D eigenvalue weighted by Crippen LogP contribution is 2.30. The van der Waals surface area contributed by atoms with Gasteiger partial charge in [-0.2, -0.15) is 5.26 Å². The number of amides is 1. The molecule has 0 radical (unpaired) electrons. The lowest BCUT2D eigenvalue weighted by Crippen LogP contribution is -2.49. The zero-order valence-corrected chi connectivity index (χ0v) is 17.2. The number of carbonyl (C=O) groups excluding carboxylic acids is 1. The van der Waals surface area contributed by atoms with Crippen LogP contribution in [0.15, 0.2) is 59.4 Å². The standard InChI is InChI=1S/C23H21ClN4O2/c24-14-21(29)26-10-12-27(13-11-26)22-18-8-4-5-9-20(18)28(23(30)19(22)15-25)16-17-6-2-1-3-7-17/h1-9H,10-14,16H2. The van der Waals surface area contributed by atoms with Crippen LogP contribution in [0.2, 0.25) is 0 Å². The summed E-state index contributed by atoms with van der Waals surface area (Å²) in [6.45, 7) is 2.51. The van der Waals surface area contributed by atoms with E-state index in [-0.39, 0.29) is 22.9 Å². The Morgan fingerprint density at radius 1 is 1.00 bits per heavy atom. The van der Waals surface area contributed by atoms with Crippen molar-refractivity contribution in [3.63, 3.8) is 0 Å². The molecule has 2 aromatic carbocycles. The minimum absolute atomic E-state index is 0.0398. The minimum Gasteiger partial charge on any atom is -0.366 e. The summed E-state index contributed by atoms with van der Waals surface area (Å²) in [4.78, 5) is 29.0. The van der Waals surface area contributed by atoms with Crippen LogP contribution in [0.3, 0.4) is 0 Å². The summed E-state index contributed by atoms with van der Waals surface area (Å²) < 4.78 is 1.67. The number of piperazine rings is 1. The molecular formula is C23H21ClN4O2. The van der Waals surface area contributed by atoms with Gasteiger partial charge in [0.05, 0.1) is 17.7 Å². The number of rotatable bonds is 4. The van der Waals surface area contributed by atoms with Crippen molar-refractivity contribution in [1.29, 1.82) is 5.26 Å². The third-order valence-electron chi connectivity index (χ3n) is 5.50. The molecule has 0 N–H and O–H groups in total. The molecule has 152 valence electrons. The fourth-order valence-electron chi connectivity index (χ4n) is 4.01. The van der Waals surface area contributed by atoms with Crippen LogP contribution in [0, 0.1) is 11.3 Å². The molecule has 30 heavy (non-hydrogen) atoms. The first-order valence-electron chi connectivity index (χ1n) is 9.82. The number of anilines is 1. The Labute approximate surface area is 179 Å². The predicted molar refractivity (Wildman–Crippen MR) is 118 cm³/mol. The van der Waals surface area contributed by atoms with Crippen LogP contribution in [0.1, 0.15) is 11.1 Å². The van der Waals surface area contributed by atoms with Crippen molar-refractivity contribution in [3.05, 3.63) is 76.1 Å². The maximum Gasteiger partial charge on any atom is 0.271 e. The van der Waals surface area contributed by atoms with E-state index < -0.39 is 0 Å². The van der Waals surface area contributed by atoms with Gasteiger partial charge in [-0.15, -0.1) is 11.6 Å². The number of nitriles is 1. The molecule has 3 aromatic rings. The Morgan fingerprint density at radius 3 is 2.33 bits per heavy atom. The molecule has 1 aliphatic heterocycles. The number of benzene rings is 2. The van der Waals surface area contributed by atoms with E-state index in [0.29, 0.717) is 38.4 Å². The van der Waals surface area contributed by atoms with Gasteiger partial charge >= 0.3 is 0 Å². The molecule has 1 aromatic heterocycles. The third kappa shape index (κ3) is 3.64. The summed E-state index contributed by atoms with van der Waals surface area (Å²) in [5.41, 5.74) is 2.28. The molecule has 1 aliphatic rings. The molecule has 1 saturated heterocycles. The Kier molecular flexibility index (Phi) is 5.73. The lowest BCUT2D eigenvalue weighted by atomic mass is 10.1. The fourth-order valence-corrected chi connectivity index (χ4v) is 4.17. The number of hydrogen-bond donors (Lipinski definition) is 0. The first-order chi connectivity index (χ1) is 14.6. The van der Waals surface area contributed by atoms with Crippen LogP contribution < -0.4 is 10.5 Å². The quantitative estimate of drug-likeness (QED) is 0.608. The van der Waals surface area contributed by atoms with Crippen LogP contribution in [0.4, 0.5) is 5.69 Å². The predicted octanol–water partition coefficient (Wildman–Crippen LogP) is 2.81. The van der Waals surface area contributed by atoms with Gasteiger partial charge in [-0.3, -0.25) is 9.59 Å². The lowest BCUT2D eigenvalue weighted by Gasteiger charge is -2.36. The molecule has 0 unspecified atom stereocenters. The summed E-state index contributed by atoms with van der Waals surface area (Å²) in [7, 11) is 0. The molecule has 0 saturated carbocycles.